The van der Waals surface area contributed by atoms with Gasteiger partial charge < -0.3 is 10.6 Å². The van der Waals surface area contributed by atoms with Gasteiger partial charge in [-0.25, -0.2) is 0 Å². The van der Waals surface area contributed by atoms with Crippen LogP contribution in [0.4, 0.5) is 0 Å². The zero-order valence-corrected chi connectivity index (χ0v) is 12.1. The molecule has 1 aliphatic carbocycles. The minimum atomic E-state index is 0.0583. The molecular formula is C16H24N2O. The van der Waals surface area contributed by atoms with E-state index in [4.69, 9.17) is 0 Å². The zero-order chi connectivity index (χ0) is 13.8. The van der Waals surface area contributed by atoms with E-state index < -0.39 is 0 Å². The third-order valence-corrected chi connectivity index (χ3v) is 3.64. The molecule has 0 heterocycles. The number of nitrogens with one attached hydrogen (secondary N) is 2. The first-order chi connectivity index (χ1) is 9.06. The fraction of sp³-hybridized carbons (Fsp3) is 0.562. The Morgan fingerprint density at radius 2 is 1.95 bits per heavy atom. The quantitative estimate of drug-likeness (QED) is 0.853. The van der Waals surface area contributed by atoms with Gasteiger partial charge in [-0.1, -0.05) is 18.2 Å². The summed E-state index contributed by atoms with van der Waals surface area (Å²) in [6.07, 6.45) is 3.69. The van der Waals surface area contributed by atoms with Gasteiger partial charge in [0, 0.05) is 12.1 Å². The average molecular weight is 260 g/mol. The molecule has 1 aromatic rings. The number of hydrogen-bond donors (Lipinski definition) is 2. The van der Waals surface area contributed by atoms with E-state index >= 15 is 0 Å². The van der Waals surface area contributed by atoms with E-state index in [1.54, 1.807) is 0 Å². The van der Waals surface area contributed by atoms with Gasteiger partial charge in [0.05, 0.1) is 6.54 Å². The van der Waals surface area contributed by atoms with Crippen LogP contribution < -0.4 is 10.6 Å². The molecule has 1 aromatic carbocycles. The van der Waals surface area contributed by atoms with Crippen molar-refractivity contribution in [2.45, 2.75) is 52.1 Å². The Morgan fingerprint density at radius 3 is 2.68 bits per heavy atom. The normalized spacial score (nSPS) is 15.4. The summed E-state index contributed by atoms with van der Waals surface area (Å²) in [4.78, 5) is 11.6. The van der Waals surface area contributed by atoms with Crippen molar-refractivity contribution in [3.8, 4) is 0 Å². The summed E-state index contributed by atoms with van der Waals surface area (Å²) >= 11 is 0. The predicted molar refractivity (Wildman–Crippen MR) is 78.2 cm³/mol. The summed E-state index contributed by atoms with van der Waals surface area (Å²) in [6.45, 7) is 6.43. The molecule has 0 radical (unpaired) electrons. The van der Waals surface area contributed by atoms with Crippen molar-refractivity contribution in [1.29, 1.82) is 0 Å². The van der Waals surface area contributed by atoms with Crippen LogP contribution in [-0.2, 0) is 17.6 Å². The molecule has 0 saturated carbocycles. The molecule has 1 aliphatic rings. The number of fused-ring (bicyclic) bond motifs is 1. The largest absolute Gasteiger partial charge is 0.353 e. The first-order valence-electron chi connectivity index (χ1n) is 7.20. The van der Waals surface area contributed by atoms with Crippen LogP contribution in [0.2, 0.25) is 0 Å². The van der Waals surface area contributed by atoms with E-state index in [1.165, 1.54) is 36.0 Å². The highest BCUT2D eigenvalue weighted by atomic mass is 16.1. The van der Waals surface area contributed by atoms with E-state index in [-0.39, 0.29) is 18.0 Å². The number of rotatable bonds is 5. The number of aryl methyl sites for hydroxylation is 2. The molecule has 3 nitrogen and oxygen atoms in total. The second-order valence-corrected chi connectivity index (χ2v) is 5.71. The monoisotopic (exact) mass is 260 g/mol. The SMILES string of the molecule is CC(C)NC(=O)CNC(C)c1ccc2c(c1)CCC2. The molecule has 0 bridgehead atoms. The van der Waals surface area contributed by atoms with Crippen LogP contribution in [0.5, 0.6) is 0 Å². The Kier molecular flexibility index (Phi) is 4.59. The second kappa shape index (κ2) is 6.20. The molecule has 0 spiro atoms. The van der Waals surface area contributed by atoms with Crippen LogP contribution in [0.15, 0.2) is 18.2 Å². The van der Waals surface area contributed by atoms with Gasteiger partial charge in [0.2, 0.25) is 5.91 Å². The highest BCUT2D eigenvalue weighted by Gasteiger charge is 2.14. The Bertz CT molecular complexity index is 454. The maximum atomic E-state index is 11.6. The van der Waals surface area contributed by atoms with Gasteiger partial charge in [-0.15, -0.1) is 0 Å². The third-order valence-electron chi connectivity index (χ3n) is 3.64. The molecule has 0 aliphatic heterocycles. The van der Waals surface area contributed by atoms with Gasteiger partial charge in [-0.2, -0.15) is 0 Å². The van der Waals surface area contributed by atoms with Crippen LogP contribution in [-0.4, -0.2) is 18.5 Å². The van der Waals surface area contributed by atoms with Crippen molar-refractivity contribution in [3.63, 3.8) is 0 Å². The number of carbonyl (C=O) groups is 1. The van der Waals surface area contributed by atoms with Gasteiger partial charge in [-0.3, -0.25) is 4.79 Å². The lowest BCUT2D eigenvalue weighted by Crippen LogP contribution is -2.38. The maximum Gasteiger partial charge on any atom is 0.234 e. The van der Waals surface area contributed by atoms with Crippen LogP contribution in [0.3, 0.4) is 0 Å². The van der Waals surface area contributed by atoms with Crippen LogP contribution in [0.25, 0.3) is 0 Å². The Balaban J connectivity index is 1.89. The molecule has 3 heteroatoms. The number of carbonyl (C=O) groups excluding carboxylic acids is 1. The first kappa shape index (κ1) is 14.1. The molecule has 0 fully saturated rings. The zero-order valence-electron chi connectivity index (χ0n) is 12.1. The Labute approximate surface area is 115 Å². The fourth-order valence-corrected chi connectivity index (χ4v) is 2.60. The minimum Gasteiger partial charge on any atom is -0.353 e. The minimum absolute atomic E-state index is 0.0583. The lowest BCUT2D eigenvalue weighted by atomic mass is 10.0. The van der Waals surface area contributed by atoms with E-state index in [0.29, 0.717) is 6.54 Å². The topological polar surface area (TPSA) is 41.1 Å². The fourth-order valence-electron chi connectivity index (χ4n) is 2.60. The highest BCUT2D eigenvalue weighted by molar-refractivity contribution is 5.78. The van der Waals surface area contributed by atoms with Crippen molar-refractivity contribution < 1.29 is 4.79 Å². The maximum absolute atomic E-state index is 11.6. The smallest absolute Gasteiger partial charge is 0.234 e. The van der Waals surface area contributed by atoms with E-state index in [1.807, 2.05) is 13.8 Å². The van der Waals surface area contributed by atoms with Crippen molar-refractivity contribution in [3.05, 3.63) is 34.9 Å². The van der Waals surface area contributed by atoms with E-state index in [2.05, 4.69) is 35.8 Å². The molecule has 1 atom stereocenters. The average Bonchev–Trinajstić information content (AvgIpc) is 2.82. The molecule has 1 unspecified atom stereocenters. The number of hydrogen-bond acceptors (Lipinski definition) is 2. The molecule has 2 rings (SSSR count). The van der Waals surface area contributed by atoms with Crippen molar-refractivity contribution in [2.75, 3.05) is 6.54 Å². The number of benzene rings is 1. The highest BCUT2D eigenvalue weighted by Crippen LogP contribution is 2.25. The van der Waals surface area contributed by atoms with Crippen molar-refractivity contribution >= 4 is 5.91 Å². The van der Waals surface area contributed by atoms with Crippen LogP contribution >= 0.6 is 0 Å². The standard InChI is InChI=1S/C16H24N2O/c1-11(2)18-16(19)10-17-12(3)14-8-7-13-5-4-6-15(13)9-14/h7-9,11-12,17H,4-6,10H2,1-3H3,(H,18,19). The molecule has 0 aromatic heterocycles. The Hall–Kier alpha value is -1.35. The summed E-state index contributed by atoms with van der Waals surface area (Å²) < 4.78 is 0. The van der Waals surface area contributed by atoms with Gasteiger partial charge in [0.25, 0.3) is 0 Å². The van der Waals surface area contributed by atoms with E-state index in [9.17, 15) is 4.79 Å². The molecule has 104 valence electrons. The van der Waals surface area contributed by atoms with Crippen molar-refractivity contribution in [2.24, 2.45) is 0 Å². The third kappa shape index (κ3) is 3.80. The predicted octanol–water partition coefficient (Wildman–Crippen LogP) is 2.35. The molecule has 19 heavy (non-hydrogen) atoms. The van der Waals surface area contributed by atoms with Gasteiger partial charge in [0.1, 0.15) is 0 Å². The summed E-state index contributed by atoms with van der Waals surface area (Å²) in [5.74, 6) is 0.0583. The van der Waals surface area contributed by atoms with Crippen molar-refractivity contribution in [1.82, 2.24) is 10.6 Å². The molecule has 2 N–H and O–H groups in total. The number of amides is 1. The van der Waals surface area contributed by atoms with Crippen LogP contribution in [0, 0.1) is 0 Å². The lowest BCUT2D eigenvalue weighted by molar-refractivity contribution is -0.120. The van der Waals surface area contributed by atoms with Gasteiger partial charge >= 0.3 is 0 Å². The summed E-state index contributed by atoms with van der Waals surface area (Å²) in [7, 11) is 0. The molecular weight excluding hydrogens is 236 g/mol. The van der Waals surface area contributed by atoms with Gasteiger partial charge in [0.15, 0.2) is 0 Å². The summed E-state index contributed by atoms with van der Waals surface area (Å²) in [6, 6.07) is 7.13. The Morgan fingerprint density at radius 1 is 1.21 bits per heavy atom. The van der Waals surface area contributed by atoms with Gasteiger partial charge in [-0.05, 0) is 56.7 Å². The second-order valence-electron chi connectivity index (χ2n) is 5.71. The molecule has 1 amide bonds. The summed E-state index contributed by atoms with van der Waals surface area (Å²) in [5, 5.41) is 6.17. The first-order valence-corrected chi connectivity index (χ1v) is 7.20. The summed E-state index contributed by atoms with van der Waals surface area (Å²) in [5.41, 5.74) is 4.25. The molecule has 0 saturated heterocycles. The lowest BCUT2D eigenvalue weighted by Gasteiger charge is -2.16. The van der Waals surface area contributed by atoms with Crippen LogP contribution in [0.1, 0.15) is 49.9 Å². The van der Waals surface area contributed by atoms with E-state index in [0.717, 1.165) is 0 Å².